The number of carbonyl (C=O) groups excluding carboxylic acids is 1. The molecule has 0 aromatic carbocycles. The van der Waals surface area contributed by atoms with Crippen LogP contribution in [0.5, 0.6) is 0 Å². The fraction of sp³-hybridized carbons (Fsp3) is 0.875. The lowest BCUT2D eigenvalue weighted by atomic mass is 10.0. The lowest BCUT2D eigenvalue weighted by Gasteiger charge is -2.04. The van der Waals surface area contributed by atoms with Crippen molar-refractivity contribution in [1.82, 2.24) is 0 Å². The van der Waals surface area contributed by atoms with Crippen LogP contribution in [0.3, 0.4) is 0 Å². The Kier molecular flexibility index (Phi) is 20.5. The largest absolute Gasteiger partial charge is 0.462 e. The number of rotatable bonds is 20. The average molecular weight is 382 g/mol. The molecule has 0 rings (SSSR count). The van der Waals surface area contributed by atoms with Crippen LogP contribution in [-0.4, -0.2) is 12.6 Å². The van der Waals surface area contributed by atoms with Gasteiger partial charge < -0.3 is 10.5 Å². The maximum absolute atomic E-state index is 11.3. The van der Waals surface area contributed by atoms with Crippen molar-refractivity contribution in [2.45, 2.75) is 129 Å². The zero-order valence-corrected chi connectivity index (χ0v) is 18.4. The maximum atomic E-state index is 11.3. The summed E-state index contributed by atoms with van der Waals surface area (Å²) in [6, 6.07) is 0. The van der Waals surface area contributed by atoms with Crippen LogP contribution in [0.15, 0.2) is 11.8 Å². The second kappa shape index (κ2) is 21.3. The molecule has 0 aromatic heterocycles. The van der Waals surface area contributed by atoms with Gasteiger partial charge in [0.05, 0.1) is 6.61 Å². The molecule has 0 heterocycles. The van der Waals surface area contributed by atoms with Crippen molar-refractivity contribution >= 4 is 5.97 Å². The number of allylic oxidation sites excluding steroid dienone is 1. The molecule has 0 fully saturated rings. The van der Waals surface area contributed by atoms with Crippen molar-refractivity contribution in [3.05, 3.63) is 11.8 Å². The number of nitrogens with two attached hydrogens (primary N) is 1. The van der Waals surface area contributed by atoms with E-state index in [0.29, 0.717) is 12.3 Å². The number of carbonyl (C=O) groups is 1. The molecule has 0 aromatic rings. The first-order valence-corrected chi connectivity index (χ1v) is 11.8. The highest BCUT2D eigenvalue weighted by atomic mass is 16.5. The van der Waals surface area contributed by atoms with Gasteiger partial charge in [0.15, 0.2) is 0 Å². The smallest absolute Gasteiger partial charge is 0.332 e. The molecular formula is C24H47NO2. The molecule has 0 atom stereocenters. The third-order valence-corrected chi connectivity index (χ3v) is 5.09. The molecule has 0 aliphatic rings. The van der Waals surface area contributed by atoms with Gasteiger partial charge in [-0.25, -0.2) is 4.79 Å². The monoisotopic (exact) mass is 381 g/mol. The molecule has 0 aliphatic heterocycles. The van der Waals surface area contributed by atoms with Crippen LogP contribution in [0.1, 0.15) is 129 Å². The number of hydrogen-bond donors (Lipinski definition) is 1. The van der Waals surface area contributed by atoms with E-state index in [0.717, 1.165) is 12.8 Å². The van der Waals surface area contributed by atoms with E-state index in [1.165, 1.54) is 109 Å². The summed E-state index contributed by atoms with van der Waals surface area (Å²) in [5.41, 5.74) is 5.93. The SMILES string of the molecule is CCCCCCCCCCCCCCCCCCCCOC(=O)/C=C(/C)N. The maximum Gasteiger partial charge on any atom is 0.332 e. The summed E-state index contributed by atoms with van der Waals surface area (Å²) in [7, 11) is 0. The third-order valence-electron chi connectivity index (χ3n) is 5.09. The Labute approximate surface area is 169 Å². The van der Waals surface area contributed by atoms with Crippen LogP contribution in [0.25, 0.3) is 0 Å². The van der Waals surface area contributed by atoms with Crippen LogP contribution in [-0.2, 0) is 9.53 Å². The molecule has 0 aliphatic carbocycles. The lowest BCUT2D eigenvalue weighted by Crippen LogP contribution is -2.05. The Morgan fingerprint density at radius 3 is 1.33 bits per heavy atom. The summed E-state index contributed by atoms with van der Waals surface area (Å²) < 4.78 is 5.09. The quantitative estimate of drug-likeness (QED) is 0.135. The minimum Gasteiger partial charge on any atom is -0.462 e. The van der Waals surface area contributed by atoms with E-state index in [4.69, 9.17) is 10.5 Å². The van der Waals surface area contributed by atoms with Crippen molar-refractivity contribution in [3.8, 4) is 0 Å². The fourth-order valence-corrected chi connectivity index (χ4v) is 3.40. The molecule has 27 heavy (non-hydrogen) atoms. The van der Waals surface area contributed by atoms with Gasteiger partial charge in [-0.2, -0.15) is 0 Å². The van der Waals surface area contributed by atoms with Gasteiger partial charge in [0.2, 0.25) is 0 Å². The number of ether oxygens (including phenoxy) is 1. The van der Waals surface area contributed by atoms with E-state index in [2.05, 4.69) is 6.92 Å². The van der Waals surface area contributed by atoms with Gasteiger partial charge in [-0.1, -0.05) is 116 Å². The van der Waals surface area contributed by atoms with Crippen molar-refractivity contribution in [2.24, 2.45) is 5.73 Å². The molecule has 0 bridgehead atoms. The van der Waals surface area contributed by atoms with Crippen molar-refractivity contribution in [3.63, 3.8) is 0 Å². The van der Waals surface area contributed by atoms with E-state index < -0.39 is 0 Å². The minimum absolute atomic E-state index is 0.318. The predicted molar refractivity (Wildman–Crippen MR) is 118 cm³/mol. The average Bonchev–Trinajstić information content (AvgIpc) is 2.63. The second-order valence-corrected chi connectivity index (χ2v) is 8.07. The summed E-state index contributed by atoms with van der Waals surface area (Å²) in [6.45, 7) is 4.49. The molecule has 3 heteroatoms. The van der Waals surface area contributed by atoms with Gasteiger partial charge in [-0.15, -0.1) is 0 Å². The van der Waals surface area contributed by atoms with Gasteiger partial charge in [-0.3, -0.25) is 0 Å². The Morgan fingerprint density at radius 2 is 1.00 bits per heavy atom. The predicted octanol–water partition coefficient (Wildman–Crippen LogP) is 7.43. The van der Waals surface area contributed by atoms with E-state index in [1.54, 1.807) is 6.92 Å². The van der Waals surface area contributed by atoms with Crippen molar-refractivity contribution in [2.75, 3.05) is 6.61 Å². The molecule has 0 radical (unpaired) electrons. The molecule has 3 nitrogen and oxygen atoms in total. The summed E-state index contributed by atoms with van der Waals surface area (Å²) >= 11 is 0. The standard InChI is InChI=1S/C24H47NO2/c1-3-4-5-6-7-8-9-10-11-12-13-14-15-16-17-18-19-20-21-27-24(26)22-23(2)25/h22H,3-21,25H2,1-2H3/b23-22-. The zero-order chi connectivity index (χ0) is 20.0. The summed E-state index contributed by atoms with van der Waals surface area (Å²) in [6.07, 6.45) is 25.9. The van der Waals surface area contributed by atoms with Gasteiger partial charge in [0, 0.05) is 11.8 Å². The lowest BCUT2D eigenvalue weighted by molar-refractivity contribution is -0.137. The zero-order valence-electron chi connectivity index (χ0n) is 18.4. The normalized spacial score (nSPS) is 11.7. The van der Waals surface area contributed by atoms with Gasteiger partial charge in [0.1, 0.15) is 0 Å². The van der Waals surface area contributed by atoms with E-state index in [1.807, 2.05) is 0 Å². The first kappa shape index (κ1) is 26.0. The summed E-state index contributed by atoms with van der Waals surface area (Å²) in [5.74, 6) is -0.318. The minimum atomic E-state index is -0.318. The third kappa shape index (κ3) is 23.0. The highest BCUT2D eigenvalue weighted by molar-refractivity contribution is 5.82. The Balaban J connectivity index is 3.09. The molecule has 0 spiro atoms. The molecular weight excluding hydrogens is 334 g/mol. The van der Waals surface area contributed by atoms with Crippen molar-refractivity contribution in [1.29, 1.82) is 0 Å². The van der Waals surface area contributed by atoms with E-state index in [-0.39, 0.29) is 5.97 Å². The topological polar surface area (TPSA) is 52.3 Å². The Morgan fingerprint density at radius 1 is 0.667 bits per heavy atom. The van der Waals surface area contributed by atoms with Crippen LogP contribution in [0.2, 0.25) is 0 Å². The van der Waals surface area contributed by atoms with Crippen LogP contribution >= 0.6 is 0 Å². The van der Waals surface area contributed by atoms with Crippen LogP contribution < -0.4 is 5.73 Å². The first-order chi connectivity index (χ1) is 13.2. The van der Waals surface area contributed by atoms with Crippen LogP contribution in [0, 0.1) is 0 Å². The second-order valence-electron chi connectivity index (χ2n) is 8.07. The number of unbranched alkanes of at least 4 members (excludes halogenated alkanes) is 17. The summed E-state index contributed by atoms with van der Waals surface area (Å²) in [5, 5.41) is 0. The fourth-order valence-electron chi connectivity index (χ4n) is 3.40. The molecule has 160 valence electrons. The summed E-state index contributed by atoms with van der Waals surface area (Å²) in [4.78, 5) is 11.3. The van der Waals surface area contributed by atoms with Gasteiger partial charge >= 0.3 is 5.97 Å². The first-order valence-electron chi connectivity index (χ1n) is 11.8. The van der Waals surface area contributed by atoms with Gasteiger partial charge in [-0.05, 0) is 13.3 Å². The van der Waals surface area contributed by atoms with Gasteiger partial charge in [0.25, 0.3) is 0 Å². The Bertz CT molecular complexity index is 348. The molecule has 0 saturated heterocycles. The van der Waals surface area contributed by atoms with E-state index >= 15 is 0 Å². The molecule has 2 N–H and O–H groups in total. The number of esters is 1. The number of hydrogen-bond acceptors (Lipinski definition) is 3. The highest BCUT2D eigenvalue weighted by Gasteiger charge is 1.98. The van der Waals surface area contributed by atoms with E-state index in [9.17, 15) is 4.79 Å². The Hall–Kier alpha value is -0.990. The molecule has 0 amide bonds. The molecule has 0 unspecified atom stereocenters. The van der Waals surface area contributed by atoms with Crippen molar-refractivity contribution < 1.29 is 9.53 Å². The highest BCUT2D eigenvalue weighted by Crippen LogP contribution is 2.14. The van der Waals surface area contributed by atoms with Crippen LogP contribution in [0.4, 0.5) is 0 Å². The molecule has 0 saturated carbocycles.